The fraction of sp³-hybridized carbons (Fsp3) is 0.786. The molecule has 0 bridgehead atoms. The third-order valence-corrected chi connectivity index (χ3v) is 3.65. The first-order valence-electron chi connectivity index (χ1n) is 6.97. The molecule has 0 radical (unpaired) electrons. The number of hydrogen-bond acceptors (Lipinski definition) is 3. The van der Waals surface area contributed by atoms with E-state index >= 15 is 0 Å². The summed E-state index contributed by atoms with van der Waals surface area (Å²) in [5.41, 5.74) is 7.17. The lowest BCUT2D eigenvalue weighted by Crippen LogP contribution is -2.36. The van der Waals surface area contributed by atoms with Gasteiger partial charge in [0.05, 0.1) is 12.2 Å². The first kappa shape index (κ1) is 15.2. The van der Waals surface area contributed by atoms with Crippen molar-refractivity contribution in [2.24, 2.45) is 5.73 Å². The Morgan fingerprint density at radius 1 is 1.39 bits per heavy atom. The monoisotopic (exact) mass is 252 g/mol. The Morgan fingerprint density at radius 2 is 2.06 bits per heavy atom. The van der Waals surface area contributed by atoms with E-state index in [4.69, 9.17) is 5.73 Å². The molecule has 2 N–H and O–H groups in total. The Kier molecular flexibility index (Phi) is 5.82. The Balaban J connectivity index is 2.81. The molecule has 1 heterocycles. The largest absolute Gasteiger partial charge is 0.329 e. The zero-order valence-electron chi connectivity index (χ0n) is 12.4. The molecule has 0 aliphatic carbocycles. The van der Waals surface area contributed by atoms with Crippen LogP contribution < -0.4 is 5.73 Å². The predicted octanol–water partition coefficient (Wildman–Crippen LogP) is 2.58. The summed E-state index contributed by atoms with van der Waals surface area (Å²) in [4.78, 5) is 2.37. The lowest BCUT2D eigenvalue weighted by molar-refractivity contribution is 0.179. The minimum atomic E-state index is 0.263. The Labute approximate surface area is 111 Å². The van der Waals surface area contributed by atoms with Crippen LogP contribution in [-0.4, -0.2) is 34.3 Å². The maximum absolute atomic E-state index is 5.95. The summed E-state index contributed by atoms with van der Waals surface area (Å²) in [6, 6.07) is 1.21. The van der Waals surface area contributed by atoms with Crippen molar-refractivity contribution in [3.05, 3.63) is 18.0 Å². The summed E-state index contributed by atoms with van der Waals surface area (Å²) in [5, 5.41) is 4.41. The zero-order valence-corrected chi connectivity index (χ0v) is 12.4. The first-order chi connectivity index (χ1) is 8.51. The molecule has 1 aromatic rings. The lowest BCUT2D eigenvalue weighted by atomic mass is 10.1. The Bertz CT molecular complexity index is 345. The number of likely N-dealkylation sites (N-methyl/N-ethyl adjacent to an activating group) is 1. The third kappa shape index (κ3) is 3.56. The van der Waals surface area contributed by atoms with E-state index in [9.17, 15) is 0 Å². The molecule has 0 spiro atoms. The molecule has 4 heteroatoms. The van der Waals surface area contributed by atoms with Crippen LogP contribution in [0, 0.1) is 0 Å². The van der Waals surface area contributed by atoms with Crippen LogP contribution in [0.15, 0.2) is 12.4 Å². The van der Waals surface area contributed by atoms with Gasteiger partial charge in [-0.3, -0.25) is 9.58 Å². The van der Waals surface area contributed by atoms with Crippen molar-refractivity contribution in [1.29, 1.82) is 0 Å². The van der Waals surface area contributed by atoms with Crippen molar-refractivity contribution in [3.63, 3.8) is 0 Å². The van der Waals surface area contributed by atoms with E-state index < -0.39 is 0 Å². The minimum Gasteiger partial charge on any atom is -0.329 e. The highest BCUT2D eigenvalue weighted by atomic mass is 15.3. The summed E-state index contributed by atoms with van der Waals surface area (Å²) in [7, 11) is 2.16. The molecule has 1 aromatic heterocycles. The molecule has 1 rings (SSSR count). The lowest BCUT2D eigenvalue weighted by Gasteiger charge is -2.31. The highest BCUT2D eigenvalue weighted by Gasteiger charge is 2.21. The second-order valence-corrected chi connectivity index (χ2v) is 5.40. The molecule has 0 aromatic carbocycles. The van der Waals surface area contributed by atoms with Gasteiger partial charge in [-0.2, -0.15) is 5.10 Å². The molecule has 0 amide bonds. The van der Waals surface area contributed by atoms with E-state index in [2.05, 4.69) is 50.9 Å². The fourth-order valence-corrected chi connectivity index (χ4v) is 2.27. The maximum atomic E-state index is 5.95. The van der Waals surface area contributed by atoms with Gasteiger partial charge in [-0.05, 0) is 34.2 Å². The predicted molar refractivity (Wildman–Crippen MR) is 76.5 cm³/mol. The SMILES string of the molecule is CCCC(C)N(C)C(CN)c1cnn(C(C)C)c1. The molecule has 0 fully saturated rings. The quantitative estimate of drug-likeness (QED) is 0.811. The van der Waals surface area contributed by atoms with Crippen LogP contribution in [0.1, 0.15) is 58.2 Å². The highest BCUT2D eigenvalue weighted by molar-refractivity contribution is 5.11. The number of hydrogen-bond donors (Lipinski definition) is 1. The molecular formula is C14H28N4. The van der Waals surface area contributed by atoms with Gasteiger partial charge in [-0.25, -0.2) is 0 Å². The summed E-state index contributed by atoms with van der Waals surface area (Å²) in [6.07, 6.45) is 6.48. The number of nitrogens with two attached hydrogens (primary N) is 1. The molecule has 4 nitrogen and oxygen atoms in total. The smallest absolute Gasteiger partial charge is 0.0538 e. The molecular weight excluding hydrogens is 224 g/mol. The van der Waals surface area contributed by atoms with Crippen molar-refractivity contribution in [2.75, 3.05) is 13.6 Å². The van der Waals surface area contributed by atoms with Crippen molar-refractivity contribution < 1.29 is 0 Å². The van der Waals surface area contributed by atoms with Crippen molar-refractivity contribution in [3.8, 4) is 0 Å². The molecule has 0 saturated heterocycles. The second kappa shape index (κ2) is 6.90. The normalized spacial score (nSPS) is 15.3. The van der Waals surface area contributed by atoms with Crippen LogP contribution in [0.25, 0.3) is 0 Å². The van der Waals surface area contributed by atoms with Crippen LogP contribution >= 0.6 is 0 Å². The van der Waals surface area contributed by atoms with Crippen LogP contribution in [0.3, 0.4) is 0 Å². The average Bonchev–Trinajstić information content (AvgIpc) is 2.79. The van der Waals surface area contributed by atoms with Gasteiger partial charge in [0.1, 0.15) is 0 Å². The zero-order chi connectivity index (χ0) is 13.7. The van der Waals surface area contributed by atoms with Gasteiger partial charge in [0, 0.05) is 30.4 Å². The number of nitrogens with zero attached hydrogens (tertiary/aromatic N) is 3. The van der Waals surface area contributed by atoms with Gasteiger partial charge in [0.15, 0.2) is 0 Å². The third-order valence-electron chi connectivity index (χ3n) is 3.65. The topological polar surface area (TPSA) is 47.1 Å². The van der Waals surface area contributed by atoms with Crippen molar-refractivity contribution in [1.82, 2.24) is 14.7 Å². The summed E-state index contributed by atoms with van der Waals surface area (Å²) >= 11 is 0. The van der Waals surface area contributed by atoms with Gasteiger partial charge >= 0.3 is 0 Å². The van der Waals surface area contributed by atoms with Gasteiger partial charge in [0.25, 0.3) is 0 Å². The van der Waals surface area contributed by atoms with Gasteiger partial charge in [-0.15, -0.1) is 0 Å². The van der Waals surface area contributed by atoms with Crippen LogP contribution in [0.5, 0.6) is 0 Å². The average molecular weight is 252 g/mol. The van der Waals surface area contributed by atoms with E-state index in [0.717, 1.165) is 0 Å². The number of aromatic nitrogens is 2. The molecule has 2 atom stereocenters. The molecule has 0 aliphatic rings. The van der Waals surface area contributed by atoms with Gasteiger partial charge < -0.3 is 5.73 Å². The van der Waals surface area contributed by atoms with Crippen molar-refractivity contribution in [2.45, 2.75) is 58.7 Å². The van der Waals surface area contributed by atoms with Crippen LogP contribution in [0.2, 0.25) is 0 Å². The molecule has 104 valence electrons. The van der Waals surface area contributed by atoms with E-state index in [1.54, 1.807) is 0 Å². The van der Waals surface area contributed by atoms with Crippen LogP contribution in [0.4, 0.5) is 0 Å². The van der Waals surface area contributed by atoms with E-state index in [1.807, 2.05) is 10.9 Å². The van der Waals surface area contributed by atoms with E-state index in [-0.39, 0.29) is 6.04 Å². The summed E-state index contributed by atoms with van der Waals surface area (Å²) in [6.45, 7) is 9.39. The maximum Gasteiger partial charge on any atom is 0.0538 e. The Hall–Kier alpha value is -0.870. The number of rotatable bonds is 7. The molecule has 2 unspecified atom stereocenters. The van der Waals surface area contributed by atoms with Gasteiger partial charge in [-0.1, -0.05) is 13.3 Å². The van der Waals surface area contributed by atoms with Crippen LogP contribution in [-0.2, 0) is 0 Å². The molecule has 0 aliphatic heterocycles. The molecule has 0 saturated carbocycles. The van der Waals surface area contributed by atoms with E-state index in [1.165, 1.54) is 18.4 Å². The fourth-order valence-electron chi connectivity index (χ4n) is 2.27. The summed E-state index contributed by atoms with van der Waals surface area (Å²) in [5.74, 6) is 0. The standard InChI is InChI=1S/C14H28N4/c1-6-7-12(4)17(5)14(8-15)13-9-16-18(10-13)11(2)3/h9-12,14H,6-8,15H2,1-5H3. The second-order valence-electron chi connectivity index (χ2n) is 5.40. The highest BCUT2D eigenvalue weighted by Crippen LogP contribution is 2.22. The van der Waals surface area contributed by atoms with Gasteiger partial charge in [0.2, 0.25) is 0 Å². The summed E-state index contributed by atoms with van der Waals surface area (Å²) < 4.78 is 2.00. The van der Waals surface area contributed by atoms with Crippen molar-refractivity contribution >= 4 is 0 Å². The molecule has 18 heavy (non-hydrogen) atoms. The Morgan fingerprint density at radius 3 is 2.50 bits per heavy atom. The minimum absolute atomic E-state index is 0.263. The first-order valence-corrected chi connectivity index (χ1v) is 6.97. The van der Waals surface area contributed by atoms with E-state index in [0.29, 0.717) is 18.6 Å².